The highest BCUT2D eigenvalue weighted by Crippen LogP contribution is 2.18. The molecular formula is C18H24N4. The SMILES string of the molecule is c1ccc(CCNc2cc(N3CCCCCC3)ncn2)cc1. The lowest BCUT2D eigenvalue weighted by atomic mass is 10.1. The Morgan fingerprint density at radius 2 is 1.73 bits per heavy atom. The van der Waals surface area contributed by atoms with Crippen LogP contribution in [0, 0.1) is 0 Å². The molecule has 22 heavy (non-hydrogen) atoms. The van der Waals surface area contributed by atoms with Crippen molar-refractivity contribution in [3.63, 3.8) is 0 Å². The summed E-state index contributed by atoms with van der Waals surface area (Å²) >= 11 is 0. The van der Waals surface area contributed by atoms with E-state index >= 15 is 0 Å². The van der Waals surface area contributed by atoms with Gasteiger partial charge in [0.15, 0.2) is 0 Å². The van der Waals surface area contributed by atoms with E-state index in [9.17, 15) is 0 Å². The number of nitrogens with one attached hydrogen (secondary N) is 1. The Morgan fingerprint density at radius 3 is 2.50 bits per heavy atom. The maximum Gasteiger partial charge on any atom is 0.134 e. The van der Waals surface area contributed by atoms with Gasteiger partial charge in [-0.1, -0.05) is 43.2 Å². The maximum atomic E-state index is 4.45. The summed E-state index contributed by atoms with van der Waals surface area (Å²) in [5, 5.41) is 3.41. The van der Waals surface area contributed by atoms with Crippen molar-refractivity contribution >= 4 is 11.6 Å². The van der Waals surface area contributed by atoms with E-state index in [1.807, 2.05) is 0 Å². The van der Waals surface area contributed by atoms with E-state index < -0.39 is 0 Å². The van der Waals surface area contributed by atoms with Crippen LogP contribution in [0.25, 0.3) is 0 Å². The zero-order valence-electron chi connectivity index (χ0n) is 13.0. The van der Waals surface area contributed by atoms with Crippen LogP contribution in [0.4, 0.5) is 11.6 Å². The summed E-state index contributed by atoms with van der Waals surface area (Å²) < 4.78 is 0. The fourth-order valence-electron chi connectivity index (χ4n) is 2.90. The highest BCUT2D eigenvalue weighted by Gasteiger charge is 2.11. The average Bonchev–Trinajstić information content (AvgIpc) is 2.85. The van der Waals surface area contributed by atoms with Crippen LogP contribution in [0.5, 0.6) is 0 Å². The summed E-state index contributed by atoms with van der Waals surface area (Å²) in [6.45, 7) is 3.11. The quantitative estimate of drug-likeness (QED) is 0.916. The van der Waals surface area contributed by atoms with Crippen LogP contribution in [0.15, 0.2) is 42.7 Å². The van der Waals surface area contributed by atoms with Gasteiger partial charge in [0.2, 0.25) is 0 Å². The molecule has 1 aromatic carbocycles. The standard InChI is InChI=1S/C18H24N4/c1-2-7-13-22(12-6-1)18-14-17(20-15-21-18)19-11-10-16-8-4-3-5-9-16/h3-5,8-9,14-15H,1-2,6-7,10-13H2,(H,19,20,21). The van der Waals surface area contributed by atoms with E-state index in [0.29, 0.717) is 0 Å². The minimum absolute atomic E-state index is 0.889. The molecular weight excluding hydrogens is 272 g/mol. The van der Waals surface area contributed by atoms with Crippen molar-refractivity contribution in [3.05, 3.63) is 48.3 Å². The Balaban J connectivity index is 1.56. The Labute approximate surface area is 132 Å². The van der Waals surface area contributed by atoms with E-state index in [1.54, 1.807) is 6.33 Å². The van der Waals surface area contributed by atoms with Crippen molar-refractivity contribution in [2.75, 3.05) is 29.9 Å². The lowest BCUT2D eigenvalue weighted by Crippen LogP contribution is -2.25. The zero-order valence-corrected chi connectivity index (χ0v) is 13.0. The van der Waals surface area contributed by atoms with Crippen LogP contribution in [0.3, 0.4) is 0 Å². The van der Waals surface area contributed by atoms with E-state index in [1.165, 1.54) is 31.2 Å². The molecule has 0 aliphatic carbocycles. The minimum Gasteiger partial charge on any atom is -0.370 e. The Bertz CT molecular complexity index is 562. The molecule has 0 radical (unpaired) electrons. The molecule has 2 heterocycles. The van der Waals surface area contributed by atoms with Crippen molar-refractivity contribution < 1.29 is 0 Å². The summed E-state index contributed by atoms with van der Waals surface area (Å²) in [7, 11) is 0. The van der Waals surface area contributed by atoms with E-state index in [-0.39, 0.29) is 0 Å². The monoisotopic (exact) mass is 296 g/mol. The summed E-state index contributed by atoms with van der Waals surface area (Å²) in [6, 6.07) is 12.6. The van der Waals surface area contributed by atoms with Gasteiger partial charge in [-0.25, -0.2) is 9.97 Å². The second-order valence-electron chi connectivity index (χ2n) is 5.83. The molecule has 1 aliphatic rings. The predicted octanol–water partition coefficient (Wildman–Crippen LogP) is 3.51. The fraction of sp³-hybridized carbons (Fsp3) is 0.444. The normalized spacial score (nSPS) is 15.4. The molecule has 116 valence electrons. The molecule has 1 fully saturated rings. The van der Waals surface area contributed by atoms with Crippen LogP contribution in [0.1, 0.15) is 31.2 Å². The third-order valence-electron chi connectivity index (χ3n) is 4.15. The highest BCUT2D eigenvalue weighted by molar-refractivity contribution is 5.48. The number of rotatable bonds is 5. The average molecular weight is 296 g/mol. The first-order valence-electron chi connectivity index (χ1n) is 8.26. The number of hydrogen-bond donors (Lipinski definition) is 1. The van der Waals surface area contributed by atoms with Gasteiger partial charge < -0.3 is 10.2 Å². The topological polar surface area (TPSA) is 41.0 Å². The molecule has 1 aromatic heterocycles. The number of benzene rings is 1. The van der Waals surface area contributed by atoms with Crippen LogP contribution in [-0.4, -0.2) is 29.6 Å². The van der Waals surface area contributed by atoms with Gasteiger partial charge >= 0.3 is 0 Å². The molecule has 0 spiro atoms. The van der Waals surface area contributed by atoms with Crippen molar-refractivity contribution in [1.29, 1.82) is 0 Å². The largest absolute Gasteiger partial charge is 0.370 e. The smallest absolute Gasteiger partial charge is 0.134 e. The molecule has 1 N–H and O–H groups in total. The molecule has 1 aliphatic heterocycles. The molecule has 0 bridgehead atoms. The molecule has 2 aromatic rings. The Hall–Kier alpha value is -2.10. The predicted molar refractivity (Wildman–Crippen MR) is 91.3 cm³/mol. The molecule has 0 saturated carbocycles. The third-order valence-corrected chi connectivity index (χ3v) is 4.15. The van der Waals surface area contributed by atoms with Crippen LogP contribution in [0.2, 0.25) is 0 Å². The van der Waals surface area contributed by atoms with Gasteiger partial charge in [-0.2, -0.15) is 0 Å². The van der Waals surface area contributed by atoms with Gasteiger partial charge in [-0.3, -0.25) is 0 Å². The number of anilines is 2. The second-order valence-corrected chi connectivity index (χ2v) is 5.83. The first kappa shape index (κ1) is 14.8. The summed E-state index contributed by atoms with van der Waals surface area (Å²) in [5.74, 6) is 1.98. The number of aromatic nitrogens is 2. The molecule has 4 heteroatoms. The molecule has 4 nitrogen and oxygen atoms in total. The first-order valence-corrected chi connectivity index (χ1v) is 8.26. The zero-order chi connectivity index (χ0) is 15.0. The maximum absolute atomic E-state index is 4.45. The van der Waals surface area contributed by atoms with Crippen LogP contribution in [-0.2, 0) is 6.42 Å². The van der Waals surface area contributed by atoms with Gasteiger partial charge in [0, 0.05) is 25.7 Å². The van der Waals surface area contributed by atoms with Gasteiger partial charge in [0.05, 0.1) is 0 Å². The summed E-state index contributed by atoms with van der Waals surface area (Å²) in [6.07, 6.45) is 7.88. The van der Waals surface area contributed by atoms with Gasteiger partial charge in [-0.15, -0.1) is 0 Å². The van der Waals surface area contributed by atoms with Crippen molar-refractivity contribution in [2.24, 2.45) is 0 Å². The van der Waals surface area contributed by atoms with Crippen molar-refractivity contribution in [3.8, 4) is 0 Å². The van der Waals surface area contributed by atoms with Crippen molar-refractivity contribution in [1.82, 2.24) is 9.97 Å². The third kappa shape index (κ3) is 4.20. The Morgan fingerprint density at radius 1 is 0.955 bits per heavy atom. The van der Waals surface area contributed by atoms with Gasteiger partial charge in [-0.05, 0) is 24.8 Å². The summed E-state index contributed by atoms with van der Waals surface area (Å²) in [5.41, 5.74) is 1.34. The molecule has 0 unspecified atom stereocenters. The second kappa shape index (κ2) is 7.78. The van der Waals surface area contributed by atoms with Gasteiger partial charge in [0.1, 0.15) is 18.0 Å². The molecule has 3 rings (SSSR count). The lowest BCUT2D eigenvalue weighted by molar-refractivity contribution is 0.726. The highest BCUT2D eigenvalue weighted by atomic mass is 15.2. The minimum atomic E-state index is 0.889. The van der Waals surface area contributed by atoms with Crippen LogP contribution < -0.4 is 10.2 Å². The van der Waals surface area contributed by atoms with E-state index in [4.69, 9.17) is 0 Å². The van der Waals surface area contributed by atoms with Gasteiger partial charge in [0.25, 0.3) is 0 Å². The molecule has 0 amide bonds. The van der Waals surface area contributed by atoms with Crippen LogP contribution >= 0.6 is 0 Å². The number of hydrogen-bond acceptors (Lipinski definition) is 4. The van der Waals surface area contributed by atoms with E-state index in [2.05, 4.69) is 56.6 Å². The van der Waals surface area contributed by atoms with E-state index in [0.717, 1.165) is 37.7 Å². The Kier molecular flexibility index (Phi) is 5.24. The molecule has 0 atom stereocenters. The lowest BCUT2D eigenvalue weighted by Gasteiger charge is -2.21. The first-order chi connectivity index (χ1) is 10.9. The van der Waals surface area contributed by atoms with Crippen molar-refractivity contribution in [2.45, 2.75) is 32.1 Å². The number of nitrogens with zero attached hydrogens (tertiary/aromatic N) is 3. The summed E-state index contributed by atoms with van der Waals surface area (Å²) in [4.78, 5) is 11.2. The fourth-order valence-corrected chi connectivity index (χ4v) is 2.90. The molecule has 1 saturated heterocycles.